The first-order chi connectivity index (χ1) is 13.9. The monoisotopic (exact) mass is 411 g/mol. The maximum Gasteiger partial charge on any atom is 0.408 e. The van der Waals surface area contributed by atoms with Crippen molar-refractivity contribution in [3.05, 3.63) is 59.7 Å². The van der Waals surface area contributed by atoms with Gasteiger partial charge in [-0.05, 0) is 64.8 Å². The van der Waals surface area contributed by atoms with Crippen LogP contribution in [0.25, 0.3) is 11.1 Å². The molecule has 2 aromatic rings. The minimum absolute atomic E-state index is 0.257. The largest absolute Gasteiger partial charge is 0.456 e. The molecule has 0 aliphatic heterocycles. The number of ether oxygens (including phenoxy) is 2. The van der Waals surface area contributed by atoms with Crippen molar-refractivity contribution in [1.29, 1.82) is 0 Å². The predicted octanol–water partition coefficient (Wildman–Crippen LogP) is 5.02. The molecular weight excluding hydrogens is 382 g/mol. The smallest absolute Gasteiger partial charge is 0.408 e. The van der Waals surface area contributed by atoms with E-state index in [-0.39, 0.29) is 17.9 Å². The summed E-state index contributed by atoms with van der Waals surface area (Å²) in [4.78, 5) is 37.4. The Kier molecular flexibility index (Phi) is 7.03. The van der Waals surface area contributed by atoms with Crippen molar-refractivity contribution in [2.75, 3.05) is 6.54 Å². The molecule has 0 heterocycles. The molecule has 0 unspecified atom stereocenters. The van der Waals surface area contributed by atoms with E-state index >= 15 is 0 Å². The van der Waals surface area contributed by atoms with Crippen molar-refractivity contribution in [2.24, 2.45) is 0 Å². The summed E-state index contributed by atoms with van der Waals surface area (Å²) in [7, 11) is 0. The number of ketones is 1. The second kappa shape index (κ2) is 9.11. The number of Topliss-reactive ketones (excluding diaryl/α,β-unsaturated/α-hetero) is 1. The first-order valence-corrected chi connectivity index (χ1v) is 9.78. The summed E-state index contributed by atoms with van der Waals surface area (Å²) in [5, 5.41) is 2.48. The number of esters is 1. The lowest BCUT2D eigenvalue weighted by Gasteiger charge is -2.20. The molecule has 2 rings (SSSR count). The lowest BCUT2D eigenvalue weighted by molar-refractivity contribution is 0.00692. The number of benzene rings is 2. The number of carbonyl (C=O) groups excluding carboxylic acids is 3. The molecule has 0 aromatic heterocycles. The third kappa shape index (κ3) is 7.03. The van der Waals surface area contributed by atoms with Crippen molar-refractivity contribution >= 4 is 17.8 Å². The first-order valence-electron chi connectivity index (χ1n) is 9.78. The standard InChI is InChI=1S/C24H29NO5/c1-23(2,3)29-21(27)17-12-13-18(16-10-8-7-9-11-16)19(14-17)20(26)15-25-22(28)30-24(4,5)6/h7-14H,15H2,1-6H3,(H,25,28). The van der Waals surface area contributed by atoms with Gasteiger partial charge < -0.3 is 14.8 Å². The zero-order valence-corrected chi connectivity index (χ0v) is 18.4. The number of hydrogen-bond acceptors (Lipinski definition) is 5. The summed E-state index contributed by atoms with van der Waals surface area (Å²) in [5.74, 6) is -0.860. The molecule has 0 saturated heterocycles. The third-order valence-corrected chi connectivity index (χ3v) is 3.83. The van der Waals surface area contributed by atoms with Crippen LogP contribution in [-0.4, -0.2) is 35.6 Å². The third-order valence-electron chi connectivity index (χ3n) is 3.83. The van der Waals surface area contributed by atoms with Crippen molar-refractivity contribution in [3.8, 4) is 11.1 Å². The molecule has 0 aliphatic carbocycles. The highest BCUT2D eigenvalue weighted by Gasteiger charge is 2.22. The van der Waals surface area contributed by atoms with Crippen LogP contribution in [0.5, 0.6) is 0 Å². The molecule has 0 fully saturated rings. The highest BCUT2D eigenvalue weighted by atomic mass is 16.6. The van der Waals surface area contributed by atoms with Crippen LogP contribution in [0.2, 0.25) is 0 Å². The van der Waals surface area contributed by atoms with Crippen LogP contribution < -0.4 is 5.32 Å². The van der Waals surface area contributed by atoms with Crippen LogP contribution in [0.1, 0.15) is 62.3 Å². The fourth-order valence-electron chi connectivity index (χ4n) is 2.67. The molecule has 6 nitrogen and oxygen atoms in total. The predicted molar refractivity (Wildman–Crippen MR) is 116 cm³/mol. The van der Waals surface area contributed by atoms with Gasteiger partial charge in [-0.1, -0.05) is 36.4 Å². The van der Waals surface area contributed by atoms with Gasteiger partial charge in [0, 0.05) is 5.56 Å². The highest BCUT2D eigenvalue weighted by molar-refractivity contribution is 6.06. The van der Waals surface area contributed by atoms with E-state index in [1.165, 1.54) is 6.07 Å². The maximum atomic E-state index is 12.9. The van der Waals surface area contributed by atoms with E-state index in [1.807, 2.05) is 30.3 Å². The Balaban J connectivity index is 2.33. The fourth-order valence-corrected chi connectivity index (χ4v) is 2.67. The topological polar surface area (TPSA) is 81.7 Å². The molecule has 2 aromatic carbocycles. The molecule has 0 spiro atoms. The molecule has 0 bridgehead atoms. The van der Waals surface area contributed by atoms with Crippen molar-refractivity contribution in [2.45, 2.75) is 52.7 Å². The molecular formula is C24H29NO5. The van der Waals surface area contributed by atoms with Gasteiger partial charge in [0.2, 0.25) is 0 Å². The summed E-state index contributed by atoms with van der Waals surface area (Å²) in [5.41, 5.74) is 0.759. The Morgan fingerprint density at radius 3 is 2.00 bits per heavy atom. The van der Waals surface area contributed by atoms with E-state index in [2.05, 4.69) is 5.32 Å². The average molecular weight is 411 g/mol. The normalized spacial score (nSPS) is 11.5. The molecule has 1 N–H and O–H groups in total. The molecule has 6 heteroatoms. The van der Waals surface area contributed by atoms with Gasteiger partial charge in [0.1, 0.15) is 11.2 Å². The second-order valence-electron chi connectivity index (χ2n) is 8.91. The van der Waals surface area contributed by atoms with Crippen LogP contribution in [0.15, 0.2) is 48.5 Å². The number of hydrogen-bond donors (Lipinski definition) is 1. The molecule has 160 valence electrons. The maximum absolute atomic E-state index is 12.9. The van der Waals surface area contributed by atoms with Crippen molar-refractivity contribution < 1.29 is 23.9 Å². The van der Waals surface area contributed by atoms with Crippen LogP contribution in [-0.2, 0) is 9.47 Å². The Morgan fingerprint density at radius 2 is 1.43 bits per heavy atom. The van der Waals surface area contributed by atoms with Crippen LogP contribution in [0.4, 0.5) is 4.79 Å². The average Bonchev–Trinajstić information content (AvgIpc) is 2.63. The summed E-state index contributed by atoms with van der Waals surface area (Å²) in [6.45, 7) is 10.3. The SMILES string of the molecule is CC(C)(C)OC(=O)NCC(=O)c1cc(C(=O)OC(C)(C)C)ccc1-c1ccccc1. The molecule has 30 heavy (non-hydrogen) atoms. The highest BCUT2D eigenvalue weighted by Crippen LogP contribution is 2.26. The quantitative estimate of drug-likeness (QED) is 0.552. The van der Waals surface area contributed by atoms with Crippen LogP contribution in [0, 0.1) is 0 Å². The minimum atomic E-state index is -0.680. The van der Waals surface area contributed by atoms with Gasteiger partial charge >= 0.3 is 12.1 Å². The Labute approximate surface area is 177 Å². The lowest BCUT2D eigenvalue weighted by Crippen LogP contribution is -2.35. The second-order valence-corrected chi connectivity index (χ2v) is 8.91. The molecule has 1 amide bonds. The molecule has 0 atom stereocenters. The van der Waals surface area contributed by atoms with Crippen LogP contribution in [0.3, 0.4) is 0 Å². The van der Waals surface area contributed by atoms with Gasteiger partial charge in [-0.3, -0.25) is 4.79 Å². The Hall–Kier alpha value is -3.15. The first kappa shape index (κ1) is 23.1. The number of alkyl carbamates (subject to hydrolysis) is 1. The van der Waals surface area contributed by atoms with E-state index in [0.29, 0.717) is 11.1 Å². The zero-order chi connectivity index (χ0) is 22.5. The van der Waals surface area contributed by atoms with Gasteiger partial charge in [0.15, 0.2) is 5.78 Å². The summed E-state index contributed by atoms with van der Waals surface area (Å²) < 4.78 is 10.6. The van der Waals surface area contributed by atoms with E-state index < -0.39 is 23.3 Å². The van der Waals surface area contributed by atoms with Gasteiger partial charge in [-0.15, -0.1) is 0 Å². The van der Waals surface area contributed by atoms with Gasteiger partial charge in [0.25, 0.3) is 0 Å². The zero-order valence-electron chi connectivity index (χ0n) is 18.4. The van der Waals surface area contributed by atoms with E-state index in [1.54, 1.807) is 53.7 Å². The summed E-state index contributed by atoms with van der Waals surface area (Å²) in [6.07, 6.45) is -0.680. The number of rotatable bonds is 5. The number of nitrogens with one attached hydrogen (secondary N) is 1. The molecule has 0 radical (unpaired) electrons. The number of amides is 1. The van der Waals surface area contributed by atoms with Crippen molar-refractivity contribution in [1.82, 2.24) is 5.32 Å². The van der Waals surface area contributed by atoms with Crippen LogP contribution >= 0.6 is 0 Å². The van der Waals surface area contributed by atoms with E-state index in [4.69, 9.17) is 9.47 Å². The van der Waals surface area contributed by atoms with E-state index in [9.17, 15) is 14.4 Å². The summed E-state index contributed by atoms with van der Waals surface area (Å²) >= 11 is 0. The number of carbonyl (C=O) groups is 3. The van der Waals surface area contributed by atoms with E-state index in [0.717, 1.165) is 5.56 Å². The Morgan fingerprint density at radius 1 is 0.833 bits per heavy atom. The molecule has 0 aliphatic rings. The van der Waals surface area contributed by atoms with Gasteiger partial charge in [-0.25, -0.2) is 9.59 Å². The minimum Gasteiger partial charge on any atom is -0.456 e. The van der Waals surface area contributed by atoms with Gasteiger partial charge in [0.05, 0.1) is 12.1 Å². The molecule has 0 saturated carbocycles. The lowest BCUT2D eigenvalue weighted by atomic mass is 9.95. The van der Waals surface area contributed by atoms with Gasteiger partial charge in [-0.2, -0.15) is 0 Å². The fraction of sp³-hybridized carbons (Fsp3) is 0.375. The Bertz CT molecular complexity index is 921. The summed E-state index contributed by atoms with van der Waals surface area (Å²) in [6, 6.07) is 14.2. The van der Waals surface area contributed by atoms with Crippen molar-refractivity contribution in [3.63, 3.8) is 0 Å².